The summed E-state index contributed by atoms with van der Waals surface area (Å²) in [7, 11) is -5.02. The van der Waals surface area contributed by atoms with Crippen LogP contribution >= 0.6 is 11.3 Å². The number of hydrogen-bond acceptors (Lipinski definition) is 15. The Kier molecular flexibility index (Phi) is 10.8. The Balaban J connectivity index is 1.71. The Morgan fingerprint density at radius 2 is 1.89 bits per heavy atom. The molecule has 44 heavy (non-hydrogen) atoms. The van der Waals surface area contributed by atoms with Crippen LogP contribution in [0, 0.1) is 5.41 Å². The van der Waals surface area contributed by atoms with Crippen LogP contribution in [0.1, 0.15) is 25.1 Å². The molecular formula is C23H31N9O10S2. The van der Waals surface area contributed by atoms with E-state index < -0.39 is 58.2 Å². The Hall–Kier alpha value is -4.41. The van der Waals surface area contributed by atoms with E-state index in [0.29, 0.717) is 10.6 Å². The van der Waals surface area contributed by atoms with Gasteiger partial charge in [-0.25, -0.2) is 9.78 Å². The molecular weight excluding hydrogens is 626 g/mol. The highest BCUT2D eigenvalue weighted by molar-refractivity contribution is 7.80. The molecule has 2 atom stereocenters. The molecule has 0 spiro atoms. The van der Waals surface area contributed by atoms with Crippen LogP contribution in [0.4, 0.5) is 5.13 Å². The molecule has 240 valence electrons. The number of carboxylic acid groups (broad SMARTS) is 1. The molecule has 3 rings (SSSR count). The summed E-state index contributed by atoms with van der Waals surface area (Å²) in [5.41, 5.74) is 15.2. The first-order valence-electron chi connectivity index (χ1n) is 12.6. The first kappa shape index (κ1) is 34.1. The molecule has 1 saturated heterocycles. The minimum absolute atomic E-state index is 0.0414. The number of aliphatic carboxylic acids is 1. The molecule has 1 aromatic heterocycles. The lowest BCUT2D eigenvalue weighted by Crippen LogP contribution is -2.76. The molecule has 1 aliphatic rings. The number of nitrogen functional groups attached to an aromatic ring is 1. The second-order valence-electron chi connectivity index (χ2n) is 9.66. The van der Waals surface area contributed by atoms with Crippen LogP contribution in [-0.2, 0) is 33.9 Å². The van der Waals surface area contributed by atoms with Crippen molar-refractivity contribution in [3.05, 3.63) is 40.9 Å². The Morgan fingerprint density at radius 1 is 1.25 bits per heavy atom. The van der Waals surface area contributed by atoms with Crippen molar-refractivity contribution in [1.29, 1.82) is 5.41 Å². The van der Waals surface area contributed by atoms with Gasteiger partial charge in [0, 0.05) is 24.0 Å². The van der Waals surface area contributed by atoms with Crippen LogP contribution in [0.3, 0.4) is 0 Å². The summed E-state index contributed by atoms with van der Waals surface area (Å²) >= 11 is 0.940. The number of carboxylic acids is 1. The van der Waals surface area contributed by atoms with Gasteiger partial charge in [-0.2, -0.15) is 13.5 Å². The second-order valence-corrected chi connectivity index (χ2v) is 11.6. The molecule has 19 nitrogen and oxygen atoms in total. The number of anilines is 1. The molecule has 11 N–H and O–H groups in total. The average Bonchev–Trinajstić information content (AvgIpc) is 3.39. The number of benzene rings is 1. The number of nitrogens with two attached hydrogens (primary N) is 3. The number of amides is 2. The van der Waals surface area contributed by atoms with Gasteiger partial charge < -0.3 is 42.5 Å². The minimum atomic E-state index is -5.02. The lowest BCUT2D eigenvalue weighted by atomic mass is 9.84. The molecule has 2 heterocycles. The van der Waals surface area contributed by atoms with Crippen molar-refractivity contribution in [3.8, 4) is 5.75 Å². The third kappa shape index (κ3) is 8.36. The first-order chi connectivity index (χ1) is 20.6. The van der Waals surface area contributed by atoms with Crippen molar-refractivity contribution in [2.75, 3.05) is 25.4 Å². The zero-order valence-electron chi connectivity index (χ0n) is 23.3. The summed E-state index contributed by atoms with van der Waals surface area (Å²) in [6, 6.07) is 4.49. The largest absolute Gasteiger partial charge is 0.489 e. The Bertz CT molecular complexity index is 1520. The van der Waals surface area contributed by atoms with E-state index in [9.17, 15) is 27.9 Å². The number of thiazole rings is 1. The molecule has 2 aromatic rings. The van der Waals surface area contributed by atoms with Crippen molar-refractivity contribution >= 4 is 56.2 Å². The molecule has 1 fully saturated rings. The average molecular weight is 658 g/mol. The number of nitrogens with one attached hydrogen (secondary N) is 3. The minimum Gasteiger partial charge on any atom is -0.489 e. The maximum atomic E-state index is 13.1. The van der Waals surface area contributed by atoms with E-state index in [1.54, 1.807) is 12.1 Å². The topological polar surface area (TPSA) is 308 Å². The molecule has 0 bridgehead atoms. The van der Waals surface area contributed by atoms with Crippen LogP contribution in [0.2, 0.25) is 0 Å². The number of ether oxygens (including phenoxy) is 1. The number of oxime groups is 1. The van der Waals surface area contributed by atoms with Crippen molar-refractivity contribution in [2.45, 2.75) is 37.6 Å². The van der Waals surface area contributed by atoms with Gasteiger partial charge in [0.05, 0.1) is 11.6 Å². The molecule has 0 radical (unpaired) electrons. The molecule has 0 unspecified atom stereocenters. The third-order valence-corrected chi connectivity index (χ3v) is 7.12. The van der Waals surface area contributed by atoms with Gasteiger partial charge in [0.15, 0.2) is 10.8 Å². The van der Waals surface area contributed by atoms with Gasteiger partial charge in [-0.15, -0.1) is 15.6 Å². The number of hydrogen-bond donors (Lipinski definition) is 8. The van der Waals surface area contributed by atoms with Crippen LogP contribution < -0.4 is 32.6 Å². The van der Waals surface area contributed by atoms with Crippen molar-refractivity contribution in [2.24, 2.45) is 16.6 Å². The van der Waals surface area contributed by atoms with E-state index in [1.165, 1.54) is 31.4 Å². The van der Waals surface area contributed by atoms with Crippen molar-refractivity contribution in [3.63, 3.8) is 0 Å². The predicted molar refractivity (Wildman–Crippen MR) is 155 cm³/mol. The fourth-order valence-corrected chi connectivity index (χ4v) is 4.68. The highest BCUT2D eigenvalue weighted by Gasteiger charge is 2.58. The zero-order chi connectivity index (χ0) is 32.8. The van der Waals surface area contributed by atoms with E-state index in [1.807, 2.05) is 0 Å². The third-order valence-electron chi connectivity index (χ3n) is 6.11. The quantitative estimate of drug-likeness (QED) is 0.0338. The predicted octanol–water partition coefficient (Wildman–Crippen LogP) is -1.98. The van der Waals surface area contributed by atoms with Gasteiger partial charge in [0.25, 0.3) is 17.9 Å². The van der Waals surface area contributed by atoms with Crippen LogP contribution in [0.15, 0.2) is 34.8 Å². The van der Waals surface area contributed by atoms with Gasteiger partial charge in [0.2, 0.25) is 0 Å². The highest BCUT2D eigenvalue weighted by Crippen LogP contribution is 2.33. The van der Waals surface area contributed by atoms with Crippen LogP contribution in [0.5, 0.6) is 5.75 Å². The van der Waals surface area contributed by atoms with Gasteiger partial charge in [-0.3, -0.25) is 19.6 Å². The first-order valence-corrected chi connectivity index (χ1v) is 14.8. The molecule has 1 aliphatic heterocycles. The van der Waals surface area contributed by atoms with Gasteiger partial charge in [0.1, 0.15) is 29.9 Å². The van der Waals surface area contributed by atoms with Crippen molar-refractivity contribution in [1.82, 2.24) is 20.7 Å². The Labute approximate surface area is 254 Å². The molecule has 1 aromatic carbocycles. The number of hydroxylamine groups is 2. The fraction of sp³-hybridized carbons (Fsp3) is 0.391. The summed E-state index contributed by atoms with van der Waals surface area (Å²) in [5.74, 6) is -3.22. The SMILES string of the molecule is CC1(C)[C@H](NC(=O)C(=NO[C@@H](COc2ccc(C(=N)NC(CN)CN)cc2)C(=O)O)c2csc(N)n2)C(=O)N1OS(=O)(=O)O. The van der Waals surface area contributed by atoms with E-state index in [0.717, 1.165) is 11.3 Å². The molecule has 0 saturated carbocycles. The van der Waals surface area contributed by atoms with E-state index >= 15 is 0 Å². The highest BCUT2D eigenvalue weighted by atomic mass is 32.3. The number of carbonyl (C=O) groups excluding carboxylic acids is 2. The summed E-state index contributed by atoms with van der Waals surface area (Å²) < 4.78 is 40.8. The van der Waals surface area contributed by atoms with Crippen LogP contribution in [-0.4, -0.2) is 101 Å². The molecule has 2 amide bonds. The fourth-order valence-electron chi connectivity index (χ4n) is 3.67. The van der Waals surface area contributed by atoms with Crippen molar-refractivity contribution < 1.29 is 46.3 Å². The smallest absolute Gasteiger partial charge is 0.418 e. The second kappa shape index (κ2) is 13.9. The maximum absolute atomic E-state index is 13.1. The van der Waals surface area contributed by atoms with E-state index in [2.05, 4.69) is 25.1 Å². The number of carbonyl (C=O) groups is 3. The number of amidine groups is 1. The number of rotatable bonds is 15. The lowest BCUT2D eigenvalue weighted by molar-refractivity contribution is -0.218. The number of β-lactam (4-membered cyclic amide) rings is 1. The molecule has 21 heteroatoms. The summed E-state index contributed by atoms with van der Waals surface area (Å²) in [4.78, 5) is 46.5. The van der Waals surface area contributed by atoms with E-state index in [-0.39, 0.29) is 41.5 Å². The Morgan fingerprint density at radius 3 is 2.39 bits per heavy atom. The summed E-state index contributed by atoms with van der Waals surface area (Å²) in [6.07, 6.45) is -1.72. The van der Waals surface area contributed by atoms with Crippen LogP contribution in [0.25, 0.3) is 0 Å². The summed E-state index contributed by atoms with van der Waals surface area (Å²) in [5, 5.41) is 28.4. The maximum Gasteiger partial charge on any atom is 0.418 e. The lowest BCUT2D eigenvalue weighted by Gasteiger charge is -2.50. The number of nitrogens with zero attached hydrogens (tertiary/aromatic N) is 3. The van der Waals surface area contributed by atoms with E-state index in [4.69, 9.17) is 36.7 Å². The molecule has 0 aliphatic carbocycles. The summed E-state index contributed by atoms with van der Waals surface area (Å²) in [6.45, 7) is 2.61. The normalized spacial score (nSPS) is 17.0. The standard InChI is InChI=1S/C23H31N9O10S2/c1-23(2)17(20(34)32(23)42-44(37,38)39)30-19(33)16(14-10-43-22(27)29-14)31-41-15(21(35)36)9-40-13-5-3-11(4-6-13)18(26)28-12(7-24)8-25/h3-6,10,12,15,17H,7-9,24-25H2,1-2H3,(H2,26,28)(H2,27,29)(H,30,33)(H,35,36)(H,37,38,39)/t15-,17+/m0/s1. The number of aromatic nitrogens is 1. The van der Waals surface area contributed by atoms with Gasteiger partial charge >= 0.3 is 16.4 Å². The zero-order valence-corrected chi connectivity index (χ0v) is 24.9. The monoisotopic (exact) mass is 657 g/mol. The van der Waals surface area contributed by atoms with Gasteiger partial charge in [-0.05, 0) is 38.1 Å². The van der Waals surface area contributed by atoms with Gasteiger partial charge in [-0.1, -0.05) is 5.16 Å².